The number of nitrogens with zero attached hydrogens (tertiary/aromatic N) is 1. The van der Waals surface area contributed by atoms with E-state index in [1.807, 2.05) is 18.7 Å². The van der Waals surface area contributed by atoms with Crippen molar-refractivity contribution < 1.29 is 14.6 Å². The van der Waals surface area contributed by atoms with Gasteiger partial charge in [-0.05, 0) is 20.3 Å². The summed E-state index contributed by atoms with van der Waals surface area (Å²) in [4.78, 5) is 13.8. The Morgan fingerprint density at radius 2 is 2.29 bits per heavy atom. The molecule has 3 saturated heterocycles. The van der Waals surface area contributed by atoms with E-state index in [1.165, 1.54) is 0 Å². The summed E-state index contributed by atoms with van der Waals surface area (Å²) >= 11 is 0. The van der Waals surface area contributed by atoms with Crippen molar-refractivity contribution in [3.8, 4) is 0 Å². The minimum atomic E-state index is -0.468. The van der Waals surface area contributed by atoms with E-state index < -0.39 is 6.10 Å². The first-order chi connectivity index (χ1) is 6.61. The van der Waals surface area contributed by atoms with Gasteiger partial charge in [0.1, 0.15) is 6.10 Å². The summed E-state index contributed by atoms with van der Waals surface area (Å²) in [7, 11) is 0. The van der Waals surface area contributed by atoms with E-state index in [0.29, 0.717) is 6.42 Å². The highest BCUT2D eigenvalue weighted by Gasteiger charge is 2.64. The van der Waals surface area contributed by atoms with Crippen molar-refractivity contribution >= 4 is 5.91 Å². The summed E-state index contributed by atoms with van der Waals surface area (Å²) in [6.07, 6.45) is 0.113. The van der Waals surface area contributed by atoms with E-state index in [2.05, 4.69) is 0 Å². The van der Waals surface area contributed by atoms with Gasteiger partial charge in [-0.25, -0.2) is 0 Å². The SMILES string of the molecule is CC(C)N1C(=O)C2CC3OC2C1C3O. The van der Waals surface area contributed by atoms with Crippen molar-refractivity contribution in [3.05, 3.63) is 0 Å². The van der Waals surface area contributed by atoms with E-state index in [9.17, 15) is 9.90 Å². The van der Waals surface area contributed by atoms with Crippen LogP contribution in [0.3, 0.4) is 0 Å². The third-order valence-corrected chi connectivity index (χ3v) is 3.73. The third kappa shape index (κ3) is 0.792. The van der Waals surface area contributed by atoms with Gasteiger partial charge in [-0.1, -0.05) is 0 Å². The molecule has 3 heterocycles. The molecule has 3 aliphatic heterocycles. The van der Waals surface area contributed by atoms with Crippen LogP contribution in [0.25, 0.3) is 0 Å². The zero-order chi connectivity index (χ0) is 10.0. The molecule has 3 aliphatic rings. The lowest BCUT2D eigenvalue weighted by Gasteiger charge is -2.29. The van der Waals surface area contributed by atoms with Crippen LogP contribution < -0.4 is 0 Å². The van der Waals surface area contributed by atoms with Crippen molar-refractivity contribution in [2.45, 2.75) is 50.7 Å². The number of hydrogen-bond donors (Lipinski definition) is 1. The minimum Gasteiger partial charge on any atom is -0.388 e. The van der Waals surface area contributed by atoms with Gasteiger partial charge < -0.3 is 14.7 Å². The molecule has 2 bridgehead atoms. The Morgan fingerprint density at radius 1 is 1.57 bits per heavy atom. The number of likely N-dealkylation sites (tertiary alicyclic amines) is 1. The van der Waals surface area contributed by atoms with Crippen LogP contribution in [0.1, 0.15) is 20.3 Å². The predicted molar refractivity (Wildman–Crippen MR) is 48.5 cm³/mol. The quantitative estimate of drug-likeness (QED) is 0.631. The molecule has 4 heteroatoms. The average molecular weight is 197 g/mol. The van der Waals surface area contributed by atoms with Crippen LogP contribution in [0.4, 0.5) is 0 Å². The molecule has 0 aliphatic carbocycles. The van der Waals surface area contributed by atoms with Crippen molar-refractivity contribution in [1.29, 1.82) is 0 Å². The third-order valence-electron chi connectivity index (χ3n) is 3.73. The number of ether oxygens (including phenoxy) is 1. The molecule has 14 heavy (non-hydrogen) atoms. The van der Waals surface area contributed by atoms with Crippen molar-refractivity contribution in [2.75, 3.05) is 0 Å². The van der Waals surface area contributed by atoms with Gasteiger partial charge in [0.25, 0.3) is 0 Å². The van der Waals surface area contributed by atoms with E-state index in [4.69, 9.17) is 4.74 Å². The highest BCUT2D eigenvalue weighted by Crippen LogP contribution is 2.48. The molecule has 0 saturated carbocycles. The van der Waals surface area contributed by atoms with Gasteiger partial charge in [-0.2, -0.15) is 0 Å². The van der Waals surface area contributed by atoms with Crippen LogP contribution in [0, 0.1) is 5.92 Å². The summed E-state index contributed by atoms with van der Waals surface area (Å²) in [6, 6.07) is 0.0846. The maximum atomic E-state index is 11.9. The Hall–Kier alpha value is -0.610. The molecule has 0 aromatic carbocycles. The van der Waals surface area contributed by atoms with Crippen LogP contribution in [-0.4, -0.2) is 46.3 Å². The summed E-state index contributed by atoms with van der Waals surface area (Å²) in [5, 5.41) is 9.92. The molecule has 1 N–H and O–H groups in total. The van der Waals surface area contributed by atoms with Crippen LogP contribution in [-0.2, 0) is 9.53 Å². The summed E-state index contributed by atoms with van der Waals surface area (Å²) < 4.78 is 5.61. The predicted octanol–water partition coefficient (Wildman–Crippen LogP) is -0.246. The Balaban J connectivity index is 2.00. The van der Waals surface area contributed by atoms with Gasteiger partial charge in [0.05, 0.1) is 24.2 Å². The average Bonchev–Trinajstić information content (AvgIpc) is 2.68. The van der Waals surface area contributed by atoms with Gasteiger partial charge in [0, 0.05) is 6.04 Å². The molecule has 3 rings (SSSR count). The largest absolute Gasteiger partial charge is 0.388 e. The van der Waals surface area contributed by atoms with Gasteiger partial charge in [-0.15, -0.1) is 0 Å². The molecule has 1 amide bonds. The number of aliphatic hydroxyl groups excluding tert-OH is 1. The molecule has 5 atom stereocenters. The highest BCUT2D eigenvalue weighted by molar-refractivity contribution is 5.84. The summed E-state index contributed by atoms with van der Waals surface area (Å²) in [5.74, 6) is 0.199. The fourth-order valence-corrected chi connectivity index (χ4v) is 3.19. The lowest BCUT2D eigenvalue weighted by Crippen LogP contribution is -2.47. The molecule has 3 fully saturated rings. The maximum Gasteiger partial charge on any atom is 0.229 e. The van der Waals surface area contributed by atoms with E-state index in [0.717, 1.165) is 0 Å². The van der Waals surface area contributed by atoms with E-state index in [1.54, 1.807) is 0 Å². The van der Waals surface area contributed by atoms with E-state index in [-0.39, 0.29) is 36.1 Å². The van der Waals surface area contributed by atoms with Crippen LogP contribution in [0.15, 0.2) is 0 Å². The number of hydrogen-bond acceptors (Lipinski definition) is 3. The zero-order valence-corrected chi connectivity index (χ0v) is 8.38. The number of amides is 1. The molecule has 4 nitrogen and oxygen atoms in total. The fourth-order valence-electron chi connectivity index (χ4n) is 3.19. The minimum absolute atomic E-state index is 0.0239. The van der Waals surface area contributed by atoms with Gasteiger partial charge in [0.15, 0.2) is 0 Å². The Labute approximate surface area is 82.8 Å². The second-order valence-electron chi connectivity index (χ2n) is 4.80. The lowest BCUT2D eigenvalue weighted by molar-refractivity contribution is -0.133. The molecule has 5 unspecified atom stereocenters. The van der Waals surface area contributed by atoms with Gasteiger partial charge in [-0.3, -0.25) is 4.79 Å². The van der Waals surface area contributed by atoms with E-state index >= 15 is 0 Å². The molecule has 0 aromatic heterocycles. The van der Waals surface area contributed by atoms with Crippen LogP contribution >= 0.6 is 0 Å². The van der Waals surface area contributed by atoms with Crippen LogP contribution in [0.5, 0.6) is 0 Å². The first kappa shape index (κ1) is 8.68. The first-order valence-electron chi connectivity index (χ1n) is 5.27. The van der Waals surface area contributed by atoms with Crippen molar-refractivity contribution in [3.63, 3.8) is 0 Å². The number of carbonyl (C=O) groups is 1. The molecular formula is C10H15NO3. The fraction of sp³-hybridized carbons (Fsp3) is 0.900. The number of carbonyl (C=O) groups excluding carboxylic acids is 1. The van der Waals surface area contributed by atoms with Gasteiger partial charge in [0.2, 0.25) is 5.91 Å². The number of rotatable bonds is 1. The van der Waals surface area contributed by atoms with Crippen molar-refractivity contribution in [1.82, 2.24) is 4.90 Å². The number of aliphatic hydroxyl groups is 1. The first-order valence-corrected chi connectivity index (χ1v) is 5.27. The normalized spacial score (nSPS) is 49.9. The second kappa shape index (κ2) is 2.49. The molecule has 0 aromatic rings. The Kier molecular flexibility index (Phi) is 1.55. The molecule has 78 valence electrons. The van der Waals surface area contributed by atoms with Crippen LogP contribution in [0.2, 0.25) is 0 Å². The topological polar surface area (TPSA) is 49.8 Å². The molecule has 0 radical (unpaired) electrons. The maximum absolute atomic E-state index is 11.9. The molecular weight excluding hydrogens is 182 g/mol. The second-order valence-corrected chi connectivity index (χ2v) is 4.80. The Morgan fingerprint density at radius 3 is 2.86 bits per heavy atom. The monoisotopic (exact) mass is 197 g/mol. The van der Waals surface area contributed by atoms with Crippen molar-refractivity contribution in [2.24, 2.45) is 5.92 Å². The van der Waals surface area contributed by atoms with Gasteiger partial charge >= 0.3 is 0 Å². The summed E-state index contributed by atoms with van der Waals surface area (Å²) in [6.45, 7) is 3.98. The number of fused-ring (bicyclic) bond motifs is 1. The Bertz CT molecular complexity index is 291. The molecule has 0 spiro atoms. The summed E-state index contributed by atoms with van der Waals surface area (Å²) in [5.41, 5.74) is 0. The highest BCUT2D eigenvalue weighted by atomic mass is 16.5. The lowest BCUT2D eigenvalue weighted by atomic mass is 9.88. The zero-order valence-electron chi connectivity index (χ0n) is 8.38. The smallest absolute Gasteiger partial charge is 0.229 e. The standard InChI is InChI=1S/C10H15NO3/c1-4(2)11-7-8(12)6-3-5(10(11)13)9(7)14-6/h4-9,12H,3H2,1-2H3.